The molecule has 0 aliphatic heterocycles. The summed E-state index contributed by atoms with van der Waals surface area (Å²) in [7, 11) is 0. The number of aromatic nitrogens is 1. The van der Waals surface area contributed by atoms with Crippen LogP contribution in [-0.4, -0.2) is 10.9 Å². The van der Waals surface area contributed by atoms with E-state index in [1.807, 2.05) is 6.07 Å². The molecule has 0 atom stereocenters. The number of nitrogens with zero attached hydrogens (tertiary/aromatic N) is 1. The van der Waals surface area contributed by atoms with Crippen LogP contribution in [0, 0.1) is 0 Å². The molecule has 0 radical (unpaired) electrons. The van der Waals surface area contributed by atoms with Crippen molar-refractivity contribution in [1.29, 1.82) is 0 Å². The Bertz CT molecular complexity index is 841. The zero-order chi connectivity index (χ0) is 14.7. The van der Waals surface area contributed by atoms with Crippen LogP contribution >= 0.6 is 0 Å². The van der Waals surface area contributed by atoms with Gasteiger partial charge in [-0.3, -0.25) is 9.78 Å². The first-order valence-electron chi connectivity index (χ1n) is 6.44. The first kappa shape index (κ1) is 13.1. The highest BCUT2D eigenvalue weighted by atomic mass is 16.4. The van der Waals surface area contributed by atoms with Gasteiger partial charge >= 0.3 is 5.63 Å². The number of hydrogen-bond acceptors (Lipinski definition) is 4. The Labute approximate surface area is 120 Å². The molecule has 3 aromatic rings. The van der Waals surface area contributed by atoms with Crippen molar-refractivity contribution in [3.05, 3.63) is 76.4 Å². The fraction of sp³-hybridized carbons (Fsp3) is 0.0625. The van der Waals surface area contributed by atoms with Gasteiger partial charge in [0.2, 0.25) is 0 Å². The summed E-state index contributed by atoms with van der Waals surface area (Å²) in [5.41, 5.74) is 0.736. The second-order valence-corrected chi connectivity index (χ2v) is 4.52. The molecule has 1 N–H and O–H groups in total. The molecule has 0 unspecified atom stereocenters. The van der Waals surface area contributed by atoms with Crippen LogP contribution in [0.1, 0.15) is 15.9 Å². The first-order valence-corrected chi connectivity index (χ1v) is 6.44. The summed E-state index contributed by atoms with van der Waals surface area (Å²) in [6.45, 7) is 0.327. The van der Waals surface area contributed by atoms with Crippen LogP contribution in [-0.2, 0) is 6.54 Å². The van der Waals surface area contributed by atoms with E-state index in [9.17, 15) is 9.59 Å². The molecule has 0 fully saturated rings. The van der Waals surface area contributed by atoms with Gasteiger partial charge < -0.3 is 9.73 Å². The Hall–Kier alpha value is -2.95. The van der Waals surface area contributed by atoms with Gasteiger partial charge in [-0.2, -0.15) is 0 Å². The summed E-state index contributed by atoms with van der Waals surface area (Å²) in [5, 5.41) is 3.41. The summed E-state index contributed by atoms with van der Waals surface area (Å²) in [5.74, 6) is -0.452. The summed E-state index contributed by atoms with van der Waals surface area (Å²) >= 11 is 0. The highest BCUT2D eigenvalue weighted by Crippen LogP contribution is 2.12. The molecule has 0 aliphatic rings. The van der Waals surface area contributed by atoms with E-state index in [1.165, 1.54) is 0 Å². The lowest BCUT2D eigenvalue weighted by Crippen LogP contribution is -2.27. The molecule has 0 spiro atoms. The number of rotatable bonds is 3. The van der Waals surface area contributed by atoms with Gasteiger partial charge in [-0.05, 0) is 29.8 Å². The van der Waals surface area contributed by atoms with Crippen LogP contribution in [0.3, 0.4) is 0 Å². The van der Waals surface area contributed by atoms with Gasteiger partial charge in [-0.15, -0.1) is 0 Å². The monoisotopic (exact) mass is 280 g/mol. The Kier molecular flexibility index (Phi) is 3.47. The van der Waals surface area contributed by atoms with Gasteiger partial charge in [0, 0.05) is 24.3 Å². The van der Waals surface area contributed by atoms with Gasteiger partial charge in [0.25, 0.3) is 5.91 Å². The number of para-hydroxylation sites is 1. The molecular formula is C16H12N2O3. The summed E-state index contributed by atoms with van der Waals surface area (Å²) < 4.78 is 5.14. The van der Waals surface area contributed by atoms with Crippen molar-refractivity contribution in [3.63, 3.8) is 0 Å². The lowest BCUT2D eigenvalue weighted by atomic mass is 10.1. The van der Waals surface area contributed by atoms with E-state index in [2.05, 4.69) is 10.3 Å². The van der Waals surface area contributed by atoms with Gasteiger partial charge in [0.05, 0.1) is 0 Å². The third kappa shape index (κ3) is 2.81. The third-order valence-corrected chi connectivity index (χ3v) is 3.09. The molecule has 104 valence electrons. The van der Waals surface area contributed by atoms with E-state index in [0.717, 1.165) is 5.56 Å². The van der Waals surface area contributed by atoms with E-state index in [0.29, 0.717) is 17.5 Å². The number of carbonyl (C=O) groups excluding carboxylic acids is 1. The average Bonchev–Trinajstić information content (AvgIpc) is 2.53. The Morgan fingerprint density at radius 3 is 2.71 bits per heavy atom. The maximum Gasteiger partial charge on any atom is 0.349 e. The zero-order valence-electron chi connectivity index (χ0n) is 11.1. The highest BCUT2D eigenvalue weighted by Gasteiger charge is 2.13. The molecule has 0 bridgehead atoms. The maximum absolute atomic E-state index is 12.1. The van der Waals surface area contributed by atoms with Crippen molar-refractivity contribution in [2.24, 2.45) is 0 Å². The largest absolute Gasteiger partial charge is 0.422 e. The molecular weight excluding hydrogens is 268 g/mol. The fourth-order valence-electron chi connectivity index (χ4n) is 2.00. The molecule has 2 heterocycles. The van der Waals surface area contributed by atoms with E-state index >= 15 is 0 Å². The summed E-state index contributed by atoms with van der Waals surface area (Å²) in [6.07, 6.45) is 3.29. The third-order valence-electron chi connectivity index (χ3n) is 3.09. The summed E-state index contributed by atoms with van der Waals surface area (Å²) in [6, 6.07) is 12.2. The quantitative estimate of drug-likeness (QED) is 0.746. The molecule has 21 heavy (non-hydrogen) atoms. The van der Waals surface area contributed by atoms with Crippen LogP contribution < -0.4 is 10.9 Å². The smallest absolute Gasteiger partial charge is 0.349 e. The minimum absolute atomic E-state index is 0.00255. The standard InChI is InChI=1S/C16H12N2O3/c19-15(18-10-11-5-7-17-8-6-11)13-9-12-3-1-2-4-14(12)21-16(13)20/h1-9H,10H2,(H,18,19). The lowest BCUT2D eigenvalue weighted by molar-refractivity contribution is 0.0947. The molecule has 2 aromatic heterocycles. The van der Waals surface area contributed by atoms with Crippen LogP contribution in [0.4, 0.5) is 0 Å². The van der Waals surface area contributed by atoms with Gasteiger partial charge in [-0.1, -0.05) is 18.2 Å². The highest BCUT2D eigenvalue weighted by molar-refractivity contribution is 5.96. The fourth-order valence-corrected chi connectivity index (χ4v) is 2.00. The van der Waals surface area contributed by atoms with Crippen molar-refractivity contribution in [2.45, 2.75) is 6.54 Å². The van der Waals surface area contributed by atoms with Crippen molar-refractivity contribution in [1.82, 2.24) is 10.3 Å². The number of hydrogen-bond donors (Lipinski definition) is 1. The predicted molar refractivity (Wildman–Crippen MR) is 77.9 cm³/mol. The van der Waals surface area contributed by atoms with E-state index < -0.39 is 11.5 Å². The van der Waals surface area contributed by atoms with Crippen LogP contribution in [0.15, 0.2) is 64.1 Å². The number of benzene rings is 1. The minimum Gasteiger partial charge on any atom is -0.422 e. The first-order chi connectivity index (χ1) is 10.2. The summed E-state index contributed by atoms with van der Waals surface area (Å²) in [4.78, 5) is 27.8. The zero-order valence-corrected chi connectivity index (χ0v) is 11.1. The second-order valence-electron chi connectivity index (χ2n) is 4.52. The Morgan fingerprint density at radius 2 is 1.90 bits per heavy atom. The molecule has 1 aromatic carbocycles. The Balaban J connectivity index is 1.84. The van der Waals surface area contributed by atoms with Gasteiger partial charge in [0.15, 0.2) is 0 Å². The SMILES string of the molecule is O=C(NCc1ccncc1)c1cc2ccccc2oc1=O. The molecule has 0 aliphatic carbocycles. The molecule has 3 rings (SSSR count). The molecule has 5 nitrogen and oxygen atoms in total. The molecule has 1 amide bonds. The Morgan fingerprint density at radius 1 is 1.14 bits per heavy atom. The molecule has 5 heteroatoms. The van der Waals surface area contributed by atoms with Crippen LogP contribution in [0.5, 0.6) is 0 Å². The number of carbonyl (C=O) groups is 1. The topological polar surface area (TPSA) is 72.2 Å². The minimum atomic E-state index is -0.638. The van der Waals surface area contributed by atoms with Crippen molar-refractivity contribution >= 4 is 16.9 Å². The van der Waals surface area contributed by atoms with Gasteiger partial charge in [-0.25, -0.2) is 4.79 Å². The maximum atomic E-state index is 12.1. The lowest BCUT2D eigenvalue weighted by Gasteiger charge is -2.05. The molecule has 0 saturated carbocycles. The van der Waals surface area contributed by atoms with Crippen molar-refractivity contribution in [2.75, 3.05) is 0 Å². The number of amides is 1. The predicted octanol–water partition coefficient (Wildman–Crippen LogP) is 2.12. The van der Waals surface area contributed by atoms with Crippen molar-refractivity contribution in [3.8, 4) is 0 Å². The number of pyridine rings is 1. The van der Waals surface area contributed by atoms with Gasteiger partial charge in [0.1, 0.15) is 11.1 Å². The average molecular weight is 280 g/mol. The molecule has 0 saturated heterocycles. The number of nitrogens with one attached hydrogen (secondary N) is 1. The van der Waals surface area contributed by atoms with E-state index in [1.54, 1.807) is 48.8 Å². The van der Waals surface area contributed by atoms with E-state index in [4.69, 9.17) is 4.42 Å². The van der Waals surface area contributed by atoms with Crippen LogP contribution in [0.25, 0.3) is 11.0 Å². The van der Waals surface area contributed by atoms with Crippen LogP contribution in [0.2, 0.25) is 0 Å². The van der Waals surface area contributed by atoms with E-state index in [-0.39, 0.29) is 5.56 Å². The number of fused-ring (bicyclic) bond motifs is 1. The van der Waals surface area contributed by atoms with Crippen molar-refractivity contribution < 1.29 is 9.21 Å². The normalized spacial score (nSPS) is 10.5. The second kappa shape index (κ2) is 5.58.